The summed E-state index contributed by atoms with van der Waals surface area (Å²) in [5, 5.41) is 4.43. The molecule has 2 N–H and O–H groups in total. The number of imide groups is 1. The zero-order valence-corrected chi connectivity index (χ0v) is 16.4. The molecule has 1 atom stereocenters. The first-order valence-corrected chi connectivity index (χ1v) is 10.5. The van der Waals surface area contributed by atoms with Crippen molar-refractivity contribution in [3.05, 3.63) is 29.8 Å². The first-order valence-electron chi connectivity index (χ1n) is 9.05. The fraction of sp³-hybridized carbons (Fsp3) is 0.471. The Balaban J connectivity index is 1.61. The fourth-order valence-electron chi connectivity index (χ4n) is 3.33. The second kappa shape index (κ2) is 8.22. The van der Waals surface area contributed by atoms with Crippen LogP contribution >= 0.6 is 0 Å². The summed E-state index contributed by atoms with van der Waals surface area (Å²) >= 11 is 0. The van der Waals surface area contributed by atoms with Gasteiger partial charge in [-0.15, -0.1) is 0 Å². The molecule has 0 spiro atoms. The van der Waals surface area contributed by atoms with Gasteiger partial charge >= 0.3 is 12.2 Å². The van der Waals surface area contributed by atoms with Crippen molar-refractivity contribution in [1.29, 1.82) is 0 Å². The molecule has 2 aliphatic rings. The van der Waals surface area contributed by atoms with Crippen molar-refractivity contribution in [2.75, 3.05) is 26.2 Å². The maximum Gasteiger partial charge on any atom is 0.417 e. The van der Waals surface area contributed by atoms with Gasteiger partial charge in [0.1, 0.15) is 6.04 Å². The number of alkyl halides is 3. The van der Waals surface area contributed by atoms with E-state index in [-0.39, 0.29) is 44.9 Å². The largest absolute Gasteiger partial charge is 0.417 e. The summed E-state index contributed by atoms with van der Waals surface area (Å²) in [6, 6.07) is 2.53. The van der Waals surface area contributed by atoms with Crippen LogP contribution in [0.5, 0.6) is 0 Å². The van der Waals surface area contributed by atoms with Gasteiger partial charge in [-0.3, -0.25) is 14.9 Å². The molecule has 2 fully saturated rings. The van der Waals surface area contributed by atoms with Crippen molar-refractivity contribution in [1.82, 2.24) is 19.8 Å². The number of halogens is 3. The smallest absolute Gasteiger partial charge is 0.340 e. The first-order chi connectivity index (χ1) is 14.0. The van der Waals surface area contributed by atoms with Crippen LogP contribution in [0.15, 0.2) is 29.2 Å². The predicted octanol–water partition coefficient (Wildman–Crippen LogP) is 0.527. The Bertz CT molecular complexity index is 958. The van der Waals surface area contributed by atoms with Gasteiger partial charge in [0, 0.05) is 32.6 Å². The number of piperazine rings is 1. The minimum absolute atomic E-state index is 0.00940. The average Bonchev–Trinajstić information content (AvgIpc) is 3.02. The van der Waals surface area contributed by atoms with E-state index in [1.54, 1.807) is 0 Å². The molecule has 3 rings (SSSR count). The van der Waals surface area contributed by atoms with E-state index in [9.17, 15) is 36.0 Å². The molecule has 0 radical (unpaired) electrons. The normalized spacial score (nSPS) is 20.8. The number of benzene rings is 1. The van der Waals surface area contributed by atoms with Crippen LogP contribution in [0.2, 0.25) is 0 Å². The number of nitrogens with one attached hydrogen (secondary N) is 2. The third-order valence-corrected chi connectivity index (χ3v) is 6.86. The van der Waals surface area contributed by atoms with E-state index in [1.807, 2.05) is 0 Å². The molecule has 0 aliphatic carbocycles. The molecule has 0 saturated carbocycles. The van der Waals surface area contributed by atoms with Gasteiger partial charge in [0.15, 0.2) is 0 Å². The van der Waals surface area contributed by atoms with Crippen LogP contribution in [-0.2, 0) is 25.8 Å². The van der Waals surface area contributed by atoms with Crippen LogP contribution < -0.4 is 10.6 Å². The number of hydrogen-bond acceptors (Lipinski definition) is 5. The molecule has 0 aromatic heterocycles. The highest BCUT2D eigenvalue weighted by Gasteiger charge is 2.40. The Kier molecular flexibility index (Phi) is 6.04. The summed E-state index contributed by atoms with van der Waals surface area (Å²) < 4.78 is 66.0. The highest BCUT2D eigenvalue weighted by atomic mass is 32.2. The Morgan fingerprint density at radius 3 is 2.30 bits per heavy atom. The molecule has 2 heterocycles. The van der Waals surface area contributed by atoms with Crippen LogP contribution in [0.4, 0.5) is 18.0 Å². The van der Waals surface area contributed by atoms with Gasteiger partial charge in [-0.05, 0) is 18.6 Å². The second-order valence-corrected chi connectivity index (χ2v) is 8.74. The number of carbonyl (C=O) groups is 3. The van der Waals surface area contributed by atoms with E-state index < -0.39 is 44.6 Å². The summed E-state index contributed by atoms with van der Waals surface area (Å²) in [5.41, 5.74) is -1.24. The summed E-state index contributed by atoms with van der Waals surface area (Å²) in [7, 11) is -4.39. The van der Waals surface area contributed by atoms with Gasteiger partial charge in [-0.2, -0.15) is 17.5 Å². The van der Waals surface area contributed by atoms with Crippen molar-refractivity contribution in [2.45, 2.75) is 30.0 Å². The molecule has 13 heteroatoms. The van der Waals surface area contributed by atoms with Crippen LogP contribution in [0.1, 0.15) is 18.4 Å². The number of urea groups is 1. The van der Waals surface area contributed by atoms with E-state index >= 15 is 0 Å². The van der Waals surface area contributed by atoms with Crippen molar-refractivity contribution in [3.8, 4) is 0 Å². The first kappa shape index (κ1) is 22.0. The monoisotopic (exact) mass is 448 g/mol. The molecule has 0 unspecified atom stereocenters. The standard InChI is InChI=1S/C17H19F3N4O5S/c18-17(19,20)11-3-1-2-4-13(11)30(28,29)24-9-7-23(8-10-24)14(25)6-5-12-15(26)22-16(27)21-12/h1-4,12H,5-10H2,(H2,21,22,26,27)/t12-/m1/s1. The minimum Gasteiger partial charge on any atom is -0.340 e. The molecular formula is C17H19F3N4O5S. The lowest BCUT2D eigenvalue weighted by Gasteiger charge is -2.34. The molecule has 0 bridgehead atoms. The molecule has 164 valence electrons. The van der Waals surface area contributed by atoms with E-state index in [4.69, 9.17) is 0 Å². The van der Waals surface area contributed by atoms with E-state index in [0.717, 1.165) is 16.4 Å². The number of amides is 4. The van der Waals surface area contributed by atoms with Gasteiger partial charge < -0.3 is 10.2 Å². The predicted molar refractivity (Wildman–Crippen MR) is 96.5 cm³/mol. The zero-order valence-electron chi connectivity index (χ0n) is 15.6. The third kappa shape index (κ3) is 4.56. The molecule has 1 aromatic rings. The minimum atomic E-state index is -4.82. The molecule has 2 aliphatic heterocycles. The highest BCUT2D eigenvalue weighted by Crippen LogP contribution is 2.35. The number of nitrogens with zero attached hydrogens (tertiary/aromatic N) is 2. The topological polar surface area (TPSA) is 116 Å². The molecule has 30 heavy (non-hydrogen) atoms. The van der Waals surface area contributed by atoms with E-state index in [0.29, 0.717) is 6.07 Å². The number of hydrogen-bond donors (Lipinski definition) is 2. The van der Waals surface area contributed by atoms with Crippen molar-refractivity contribution in [2.24, 2.45) is 0 Å². The molecular weight excluding hydrogens is 429 g/mol. The molecule has 2 saturated heterocycles. The summed E-state index contributed by atoms with van der Waals surface area (Å²) in [6.45, 7) is -0.285. The van der Waals surface area contributed by atoms with Crippen LogP contribution in [-0.4, -0.2) is 67.7 Å². The Morgan fingerprint density at radius 1 is 1.10 bits per heavy atom. The van der Waals surface area contributed by atoms with Crippen molar-refractivity contribution < 1.29 is 36.0 Å². The summed E-state index contributed by atoms with van der Waals surface area (Å²) in [4.78, 5) is 35.4. The number of sulfonamides is 1. The quantitative estimate of drug-likeness (QED) is 0.638. The van der Waals surface area contributed by atoms with Crippen molar-refractivity contribution in [3.63, 3.8) is 0 Å². The lowest BCUT2D eigenvalue weighted by Crippen LogP contribution is -2.50. The van der Waals surface area contributed by atoms with Crippen LogP contribution in [0.25, 0.3) is 0 Å². The molecule has 1 aromatic carbocycles. The van der Waals surface area contributed by atoms with Gasteiger partial charge in [0.25, 0.3) is 5.91 Å². The lowest BCUT2D eigenvalue weighted by molar-refractivity contribution is -0.140. The molecule has 4 amide bonds. The third-order valence-electron chi connectivity index (χ3n) is 4.91. The Morgan fingerprint density at radius 2 is 1.73 bits per heavy atom. The molecule has 9 nitrogen and oxygen atoms in total. The van der Waals surface area contributed by atoms with E-state index in [2.05, 4.69) is 10.6 Å². The van der Waals surface area contributed by atoms with Crippen LogP contribution in [0, 0.1) is 0 Å². The fourth-order valence-corrected chi connectivity index (χ4v) is 4.97. The Labute approximate surface area is 170 Å². The maximum atomic E-state index is 13.2. The van der Waals surface area contributed by atoms with Gasteiger partial charge in [-0.1, -0.05) is 12.1 Å². The number of carbonyl (C=O) groups excluding carboxylic acids is 3. The van der Waals surface area contributed by atoms with E-state index in [1.165, 1.54) is 11.0 Å². The Hall–Kier alpha value is -2.67. The van der Waals surface area contributed by atoms with Crippen molar-refractivity contribution >= 4 is 27.9 Å². The maximum absolute atomic E-state index is 13.2. The van der Waals surface area contributed by atoms with Gasteiger partial charge in [-0.25, -0.2) is 13.2 Å². The second-order valence-electron chi connectivity index (χ2n) is 6.83. The van der Waals surface area contributed by atoms with Crippen LogP contribution in [0.3, 0.4) is 0 Å². The highest BCUT2D eigenvalue weighted by molar-refractivity contribution is 7.89. The van der Waals surface area contributed by atoms with Gasteiger partial charge in [0.05, 0.1) is 10.5 Å². The summed E-state index contributed by atoms with van der Waals surface area (Å²) in [5.74, 6) is -0.858. The average molecular weight is 448 g/mol. The number of rotatable bonds is 5. The lowest BCUT2D eigenvalue weighted by atomic mass is 10.1. The SMILES string of the molecule is O=C1NC(=O)[C@@H](CCC(=O)N2CCN(S(=O)(=O)c3ccccc3C(F)(F)F)CC2)N1. The zero-order chi connectivity index (χ0) is 22.1. The van der Waals surface area contributed by atoms with Gasteiger partial charge in [0.2, 0.25) is 15.9 Å². The summed E-state index contributed by atoms with van der Waals surface area (Å²) in [6.07, 6.45) is -4.76.